The van der Waals surface area contributed by atoms with Crippen LogP contribution < -0.4 is 5.32 Å². The highest BCUT2D eigenvalue weighted by molar-refractivity contribution is 7.18. The summed E-state index contributed by atoms with van der Waals surface area (Å²) in [5.41, 5.74) is 1.59. The Hall–Kier alpha value is -2.81. The Morgan fingerprint density at radius 3 is 2.37 bits per heavy atom. The SMILES string of the molecule is O=C(CN1CCN(C(=O)c2ccc(Cl)cc2)CC1)Nc1nnc(-c2ccccc2)s1. The van der Waals surface area contributed by atoms with Crippen molar-refractivity contribution in [1.82, 2.24) is 20.0 Å². The van der Waals surface area contributed by atoms with Gasteiger partial charge in [0.1, 0.15) is 5.01 Å². The summed E-state index contributed by atoms with van der Waals surface area (Å²) >= 11 is 7.23. The number of carbonyl (C=O) groups excluding carboxylic acids is 2. The molecular weight excluding hydrogens is 422 g/mol. The van der Waals surface area contributed by atoms with Crippen molar-refractivity contribution < 1.29 is 9.59 Å². The molecule has 1 aromatic heterocycles. The highest BCUT2D eigenvalue weighted by atomic mass is 35.5. The minimum atomic E-state index is -0.136. The number of hydrogen-bond donors (Lipinski definition) is 1. The summed E-state index contributed by atoms with van der Waals surface area (Å²) in [5.74, 6) is -0.152. The molecule has 0 saturated carbocycles. The Kier molecular flexibility index (Phi) is 6.37. The molecule has 1 aliphatic heterocycles. The average molecular weight is 442 g/mol. The number of piperazine rings is 1. The number of benzene rings is 2. The summed E-state index contributed by atoms with van der Waals surface area (Å²) in [7, 11) is 0. The maximum Gasteiger partial charge on any atom is 0.253 e. The van der Waals surface area contributed by atoms with Crippen LogP contribution in [-0.2, 0) is 4.79 Å². The van der Waals surface area contributed by atoms with Gasteiger partial charge in [-0.25, -0.2) is 0 Å². The first-order chi connectivity index (χ1) is 14.6. The summed E-state index contributed by atoms with van der Waals surface area (Å²) in [6, 6.07) is 16.6. The molecule has 0 radical (unpaired) electrons. The third-order valence-corrected chi connectivity index (χ3v) is 5.95. The van der Waals surface area contributed by atoms with Crippen LogP contribution in [0.1, 0.15) is 10.4 Å². The Balaban J connectivity index is 1.26. The standard InChI is InChI=1S/C21H20ClN5O2S/c22-17-8-6-16(7-9-17)20(29)27-12-10-26(11-13-27)14-18(28)23-21-25-24-19(30-21)15-4-2-1-3-5-15/h1-9H,10-14H2,(H,23,25,28). The molecule has 0 atom stereocenters. The van der Waals surface area contributed by atoms with E-state index in [0.29, 0.717) is 41.9 Å². The normalized spacial score (nSPS) is 14.5. The van der Waals surface area contributed by atoms with Crippen LogP contribution in [0.15, 0.2) is 54.6 Å². The van der Waals surface area contributed by atoms with Gasteiger partial charge in [-0.3, -0.25) is 19.8 Å². The second kappa shape index (κ2) is 9.34. The fourth-order valence-corrected chi connectivity index (χ4v) is 4.11. The van der Waals surface area contributed by atoms with Gasteiger partial charge in [0.25, 0.3) is 5.91 Å². The monoisotopic (exact) mass is 441 g/mol. The first-order valence-corrected chi connectivity index (χ1v) is 10.7. The minimum absolute atomic E-state index is 0.0157. The second-order valence-corrected chi connectivity index (χ2v) is 8.32. The number of rotatable bonds is 5. The molecule has 0 spiro atoms. The van der Waals surface area contributed by atoms with Crippen molar-refractivity contribution in [2.45, 2.75) is 0 Å². The molecule has 2 aromatic carbocycles. The number of nitrogens with zero attached hydrogens (tertiary/aromatic N) is 4. The molecule has 2 heterocycles. The maximum atomic E-state index is 12.6. The smallest absolute Gasteiger partial charge is 0.253 e. The third kappa shape index (κ3) is 5.02. The Morgan fingerprint density at radius 2 is 1.67 bits per heavy atom. The fourth-order valence-electron chi connectivity index (χ4n) is 3.22. The minimum Gasteiger partial charge on any atom is -0.336 e. The number of hydrogen-bond acceptors (Lipinski definition) is 6. The number of anilines is 1. The second-order valence-electron chi connectivity index (χ2n) is 6.90. The summed E-state index contributed by atoms with van der Waals surface area (Å²) in [4.78, 5) is 28.8. The number of amides is 2. The molecule has 0 aliphatic carbocycles. The lowest BCUT2D eigenvalue weighted by Crippen LogP contribution is -2.50. The number of halogens is 1. The van der Waals surface area contributed by atoms with Gasteiger partial charge in [-0.2, -0.15) is 0 Å². The molecule has 1 aliphatic rings. The first kappa shape index (κ1) is 20.5. The topological polar surface area (TPSA) is 78.4 Å². The Bertz CT molecular complexity index is 1020. The fraction of sp³-hybridized carbons (Fsp3) is 0.238. The third-order valence-electron chi connectivity index (χ3n) is 4.81. The van der Waals surface area contributed by atoms with E-state index in [1.54, 1.807) is 29.2 Å². The van der Waals surface area contributed by atoms with Gasteiger partial charge < -0.3 is 4.90 Å². The van der Waals surface area contributed by atoms with Crippen molar-refractivity contribution >= 4 is 39.9 Å². The van der Waals surface area contributed by atoms with E-state index in [1.165, 1.54) is 11.3 Å². The number of aromatic nitrogens is 2. The zero-order valence-electron chi connectivity index (χ0n) is 16.1. The van der Waals surface area contributed by atoms with Gasteiger partial charge in [-0.15, -0.1) is 10.2 Å². The van der Waals surface area contributed by atoms with Gasteiger partial charge >= 0.3 is 0 Å². The van der Waals surface area contributed by atoms with Gasteiger partial charge in [-0.05, 0) is 24.3 Å². The van der Waals surface area contributed by atoms with E-state index < -0.39 is 0 Å². The van der Waals surface area contributed by atoms with Crippen LogP contribution in [0.4, 0.5) is 5.13 Å². The van der Waals surface area contributed by atoms with E-state index in [1.807, 2.05) is 35.2 Å². The molecule has 1 saturated heterocycles. The maximum absolute atomic E-state index is 12.6. The van der Waals surface area contributed by atoms with Gasteiger partial charge in [0, 0.05) is 42.3 Å². The molecule has 9 heteroatoms. The number of carbonyl (C=O) groups is 2. The lowest BCUT2D eigenvalue weighted by molar-refractivity contribution is -0.117. The van der Waals surface area contributed by atoms with Crippen molar-refractivity contribution in [2.75, 3.05) is 38.0 Å². The highest BCUT2D eigenvalue weighted by Gasteiger charge is 2.23. The molecule has 0 unspecified atom stereocenters. The van der Waals surface area contributed by atoms with Gasteiger partial charge in [-0.1, -0.05) is 53.3 Å². The van der Waals surface area contributed by atoms with Crippen LogP contribution in [0.5, 0.6) is 0 Å². The Labute approximate surface area is 183 Å². The van der Waals surface area contributed by atoms with Crippen molar-refractivity contribution in [3.63, 3.8) is 0 Å². The van der Waals surface area contributed by atoms with E-state index in [9.17, 15) is 9.59 Å². The summed E-state index contributed by atoms with van der Waals surface area (Å²) in [5, 5.41) is 12.9. The van der Waals surface area contributed by atoms with Crippen LogP contribution in [0.2, 0.25) is 5.02 Å². The van der Waals surface area contributed by atoms with Gasteiger partial charge in [0.05, 0.1) is 6.54 Å². The zero-order valence-corrected chi connectivity index (χ0v) is 17.7. The van der Waals surface area contributed by atoms with E-state index in [2.05, 4.69) is 15.5 Å². The lowest BCUT2D eigenvalue weighted by Gasteiger charge is -2.34. The van der Waals surface area contributed by atoms with Crippen molar-refractivity contribution in [3.05, 3.63) is 65.2 Å². The predicted molar refractivity (Wildman–Crippen MR) is 118 cm³/mol. The number of nitrogens with one attached hydrogen (secondary N) is 1. The van der Waals surface area contributed by atoms with Crippen LogP contribution >= 0.6 is 22.9 Å². The molecular formula is C21H20ClN5O2S. The Morgan fingerprint density at radius 1 is 0.967 bits per heavy atom. The van der Waals surface area contributed by atoms with Crippen LogP contribution in [-0.4, -0.2) is 64.5 Å². The largest absolute Gasteiger partial charge is 0.336 e. The van der Waals surface area contributed by atoms with E-state index in [0.717, 1.165) is 10.6 Å². The molecule has 30 heavy (non-hydrogen) atoms. The molecule has 4 rings (SSSR count). The molecule has 7 nitrogen and oxygen atoms in total. The van der Waals surface area contributed by atoms with E-state index in [4.69, 9.17) is 11.6 Å². The van der Waals surface area contributed by atoms with E-state index >= 15 is 0 Å². The summed E-state index contributed by atoms with van der Waals surface area (Å²) < 4.78 is 0. The van der Waals surface area contributed by atoms with Crippen molar-refractivity contribution in [2.24, 2.45) is 0 Å². The first-order valence-electron chi connectivity index (χ1n) is 9.54. The van der Waals surface area contributed by atoms with E-state index in [-0.39, 0.29) is 18.4 Å². The molecule has 154 valence electrons. The van der Waals surface area contributed by atoms with Crippen molar-refractivity contribution in [1.29, 1.82) is 0 Å². The molecule has 2 amide bonds. The van der Waals surface area contributed by atoms with Crippen LogP contribution in [0, 0.1) is 0 Å². The van der Waals surface area contributed by atoms with Crippen LogP contribution in [0.25, 0.3) is 10.6 Å². The quantitative estimate of drug-likeness (QED) is 0.657. The zero-order chi connectivity index (χ0) is 20.9. The molecule has 1 fully saturated rings. The highest BCUT2D eigenvalue weighted by Crippen LogP contribution is 2.25. The summed E-state index contributed by atoms with van der Waals surface area (Å²) in [6.07, 6.45) is 0. The molecule has 3 aromatic rings. The van der Waals surface area contributed by atoms with Gasteiger partial charge in [0.2, 0.25) is 11.0 Å². The van der Waals surface area contributed by atoms with Crippen LogP contribution in [0.3, 0.4) is 0 Å². The molecule has 1 N–H and O–H groups in total. The van der Waals surface area contributed by atoms with Crippen molar-refractivity contribution in [3.8, 4) is 10.6 Å². The summed E-state index contributed by atoms with van der Waals surface area (Å²) in [6.45, 7) is 2.68. The average Bonchev–Trinajstić information content (AvgIpc) is 3.23. The molecule has 0 bridgehead atoms. The predicted octanol–water partition coefficient (Wildman–Crippen LogP) is 3.26. The lowest BCUT2D eigenvalue weighted by atomic mass is 10.2. The van der Waals surface area contributed by atoms with Gasteiger partial charge in [0.15, 0.2) is 0 Å².